The minimum Gasteiger partial charge on any atom is -0.312 e. The van der Waals surface area contributed by atoms with Crippen molar-refractivity contribution in [2.45, 2.75) is 53.1 Å². The molecule has 0 aliphatic carbocycles. The molecule has 0 spiro atoms. The molecular formula is C22H29N5O2. The Labute approximate surface area is 170 Å². The Hall–Kier alpha value is -2.83. The van der Waals surface area contributed by atoms with Gasteiger partial charge in [0.25, 0.3) is 5.56 Å². The minimum absolute atomic E-state index is 0.256. The Morgan fingerprint density at radius 2 is 1.83 bits per heavy atom. The summed E-state index contributed by atoms with van der Waals surface area (Å²) in [5.41, 5.74) is 2.80. The van der Waals surface area contributed by atoms with Crippen LogP contribution in [0.5, 0.6) is 0 Å². The maximum atomic E-state index is 13.0. The fourth-order valence-electron chi connectivity index (χ4n) is 4.22. The minimum atomic E-state index is -0.319. The smallest absolute Gasteiger partial charge is 0.312 e. The fraction of sp³-hybridized carbons (Fsp3) is 0.500. The van der Waals surface area contributed by atoms with Gasteiger partial charge in [-0.3, -0.25) is 13.9 Å². The van der Waals surface area contributed by atoms with E-state index in [0.717, 1.165) is 24.6 Å². The van der Waals surface area contributed by atoms with E-state index in [9.17, 15) is 9.59 Å². The van der Waals surface area contributed by atoms with Crippen molar-refractivity contribution in [3.05, 3.63) is 50.7 Å². The molecule has 0 saturated heterocycles. The summed E-state index contributed by atoms with van der Waals surface area (Å²) in [5.74, 6) is 1.09. The van der Waals surface area contributed by atoms with Crippen LogP contribution in [0.4, 0.5) is 11.6 Å². The van der Waals surface area contributed by atoms with E-state index in [2.05, 4.69) is 43.0 Å². The molecular weight excluding hydrogens is 366 g/mol. The molecule has 0 fully saturated rings. The first-order valence-corrected chi connectivity index (χ1v) is 10.5. The molecule has 154 valence electrons. The zero-order valence-corrected chi connectivity index (χ0v) is 17.7. The van der Waals surface area contributed by atoms with Gasteiger partial charge in [-0.25, -0.2) is 4.79 Å². The second-order valence-corrected chi connectivity index (χ2v) is 8.07. The summed E-state index contributed by atoms with van der Waals surface area (Å²) in [7, 11) is 1.69. The molecule has 3 heterocycles. The van der Waals surface area contributed by atoms with Gasteiger partial charge in [-0.1, -0.05) is 32.4 Å². The molecule has 4 rings (SSSR count). The molecule has 29 heavy (non-hydrogen) atoms. The van der Waals surface area contributed by atoms with Crippen LogP contribution < -0.4 is 16.1 Å². The first-order chi connectivity index (χ1) is 14.0. The summed E-state index contributed by atoms with van der Waals surface area (Å²) in [4.78, 5) is 32.5. The van der Waals surface area contributed by atoms with Crippen LogP contribution in [0.2, 0.25) is 0 Å². The maximum absolute atomic E-state index is 13.0. The zero-order chi connectivity index (χ0) is 20.7. The molecule has 7 heteroatoms. The van der Waals surface area contributed by atoms with Crippen LogP contribution in [0.15, 0.2) is 33.9 Å². The first-order valence-electron chi connectivity index (χ1n) is 10.5. The number of unbranched alkanes of at least 4 members (excludes halogenated alkanes) is 1. The van der Waals surface area contributed by atoms with Crippen molar-refractivity contribution < 1.29 is 0 Å². The number of rotatable bonds is 5. The van der Waals surface area contributed by atoms with E-state index < -0.39 is 0 Å². The third-order valence-electron chi connectivity index (χ3n) is 5.83. The largest absolute Gasteiger partial charge is 0.332 e. The average molecular weight is 396 g/mol. The van der Waals surface area contributed by atoms with Crippen LogP contribution >= 0.6 is 0 Å². The zero-order valence-electron chi connectivity index (χ0n) is 17.7. The highest BCUT2D eigenvalue weighted by Crippen LogP contribution is 2.33. The molecule has 0 unspecified atom stereocenters. The molecule has 2 aromatic heterocycles. The number of imidazole rings is 1. The molecule has 0 bridgehead atoms. The van der Waals surface area contributed by atoms with Crippen LogP contribution in [-0.2, 0) is 26.6 Å². The van der Waals surface area contributed by atoms with Gasteiger partial charge >= 0.3 is 5.69 Å². The van der Waals surface area contributed by atoms with Gasteiger partial charge in [0.05, 0.1) is 0 Å². The van der Waals surface area contributed by atoms with Gasteiger partial charge < -0.3 is 9.47 Å². The summed E-state index contributed by atoms with van der Waals surface area (Å²) in [6.07, 6.45) is 3.46. The number of hydrogen-bond donors (Lipinski definition) is 0. The van der Waals surface area contributed by atoms with E-state index in [0.29, 0.717) is 30.2 Å². The van der Waals surface area contributed by atoms with Gasteiger partial charge in [0.2, 0.25) is 5.95 Å². The number of aromatic nitrogens is 4. The Morgan fingerprint density at radius 1 is 1.10 bits per heavy atom. The quantitative estimate of drug-likeness (QED) is 0.666. The highest BCUT2D eigenvalue weighted by Gasteiger charge is 2.29. The molecule has 1 aliphatic rings. The fourth-order valence-corrected chi connectivity index (χ4v) is 4.22. The number of anilines is 2. The molecule has 0 amide bonds. The van der Waals surface area contributed by atoms with E-state index >= 15 is 0 Å². The van der Waals surface area contributed by atoms with Crippen molar-refractivity contribution in [1.82, 2.24) is 18.7 Å². The lowest BCUT2D eigenvalue weighted by Gasteiger charge is -2.33. The third-order valence-corrected chi connectivity index (χ3v) is 5.83. The second kappa shape index (κ2) is 7.54. The lowest BCUT2D eigenvalue weighted by Crippen LogP contribution is -2.40. The van der Waals surface area contributed by atoms with Crippen LogP contribution in [0, 0.1) is 5.92 Å². The van der Waals surface area contributed by atoms with E-state index in [1.165, 1.54) is 27.5 Å². The normalized spacial score (nSPS) is 16.4. The van der Waals surface area contributed by atoms with Gasteiger partial charge in [-0.05, 0) is 43.4 Å². The highest BCUT2D eigenvalue weighted by molar-refractivity contribution is 5.77. The number of aryl methyl sites for hydroxylation is 2. The van der Waals surface area contributed by atoms with Crippen LogP contribution in [0.3, 0.4) is 0 Å². The third kappa shape index (κ3) is 3.18. The van der Waals surface area contributed by atoms with Crippen molar-refractivity contribution >= 4 is 22.8 Å². The van der Waals surface area contributed by atoms with Gasteiger partial charge in [0, 0.05) is 32.4 Å². The Morgan fingerprint density at radius 3 is 2.48 bits per heavy atom. The molecule has 3 aromatic rings. The average Bonchev–Trinajstić information content (AvgIpc) is 3.10. The molecule has 1 aromatic carbocycles. The van der Waals surface area contributed by atoms with Crippen LogP contribution in [0.1, 0.15) is 39.2 Å². The summed E-state index contributed by atoms with van der Waals surface area (Å²) in [5, 5.41) is 0. The molecule has 7 nitrogen and oxygen atoms in total. The van der Waals surface area contributed by atoms with Gasteiger partial charge in [0.1, 0.15) is 0 Å². The van der Waals surface area contributed by atoms with Gasteiger partial charge in [0.15, 0.2) is 11.2 Å². The van der Waals surface area contributed by atoms with E-state index in [1.807, 2.05) is 11.5 Å². The number of fused-ring (bicyclic) bond motifs is 3. The van der Waals surface area contributed by atoms with Gasteiger partial charge in [-0.15, -0.1) is 0 Å². The number of hydrogen-bond acceptors (Lipinski definition) is 4. The monoisotopic (exact) mass is 395 g/mol. The van der Waals surface area contributed by atoms with Crippen molar-refractivity contribution in [1.29, 1.82) is 0 Å². The van der Waals surface area contributed by atoms with Crippen LogP contribution in [-0.4, -0.2) is 25.2 Å². The predicted octanol–water partition coefficient (Wildman–Crippen LogP) is 3.05. The standard InChI is InChI=1S/C22H29N5O2/c1-5-7-8-16-9-11-17(12-10-16)26-13-15(3)14-27-18-19(23-21(26)27)24(4)22(29)25(6-2)20(18)28/h9-12,15H,5-8,13-14H2,1-4H3/t15-/m0/s1. The Balaban J connectivity index is 1.86. The van der Waals surface area contributed by atoms with E-state index in [4.69, 9.17) is 4.98 Å². The van der Waals surface area contributed by atoms with Crippen molar-refractivity contribution in [2.75, 3.05) is 11.4 Å². The predicted molar refractivity (Wildman–Crippen MR) is 116 cm³/mol. The van der Waals surface area contributed by atoms with E-state index in [1.54, 1.807) is 7.05 Å². The van der Waals surface area contributed by atoms with Gasteiger partial charge in [-0.2, -0.15) is 4.98 Å². The second-order valence-electron chi connectivity index (χ2n) is 8.07. The Bertz CT molecular complexity index is 1150. The molecule has 1 aliphatic heterocycles. The topological polar surface area (TPSA) is 65.1 Å². The first kappa shape index (κ1) is 19.5. The van der Waals surface area contributed by atoms with Crippen molar-refractivity contribution in [3.8, 4) is 0 Å². The lowest BCUT2D eigenvalue weighted by atomic mass is 10.1. The molecule has 0 radical (unpaired) electrons. The molecule has 0 N–H and O–H groups in total. The van der Waals surface area contributed by atoms with E-state index in [-0.39, 0.29) is 11.2 Å². The highest BCUT2D eigenvalue weighted by atomic mass is 16.2. The lowest BCUT2D eigenvalue weighted by molar-refractivity contribution is 0.458. The number of benzene rings is 1. The number of nitrogens with zero attached hydrogens (tertiary/aromatic N) is 5. The molecule has 0 saturated carbocycles. The van der Waals surface area contributed by atoms with Crippen molar-refractivity contribution in [2.24, 2.45) is 13.0 Å². The summed E-state index contributed by atoms with van der Waals surface area (Å²) in [6, 6.07) is 8.63. The maximum Gasteiger partial charge on any atom is 0.332 e. The summed E-state index contributed by atoms with van der Waals surface area (Å²) >= 11 is 0. The van der Waals surface area contributed by atoms with Crippen molar-refractivity contribution in [3.63, 3.8) is 0 Å². The Kier molecular flexibility index (Phi) is 5.06. The summed E-state index contributed by atoms with van der Waals surface area (Å²) < 4.78 is 4.76. The molecule has 1 atom stereocenters. The van der Waals surface area contributed by atoms with Crippen LogP contribution in [0.25, 0.3) is 11.2 Å². The summed E-state index contributed by atoms with van der Waals surface area (Å²) in [6.45, 7) is 8.09. The SMILES string of the molecule is CCCCc1ccc(N2C[C@H](C)Cn3c2nc2c3c(=O)n(CC)c(=O)n2C)cc1.